The molecule has 0 radical (unpaired) electrons. The zero-order valence-electron chi connectivity index (χ0n) is 8.90. The van der Waals surface area contributed by atoms with E-state index in [4.69, 9.17) is 9.47 Å². The molecule has 0 aliphatic carbocycles. The van der Waals surface area contributed by atoms with Gasteiger partial charge >= 0.3 is 0 Å². The van der Waals surface area contributed by atoms with Gasteiger partial charge in [0, 0.05) is 6.92 Å². The first-order valence-electron chi connectivity index (χ1n) is 4.98. The Morgan fingerprint density at radius 3 is 2.94 bits per heavy atom. The van der Waals surface area contributed by atoms with E-state index in [2.05, 4.69) is 5.32 Å². The molecule has 1 aliphatic heterocycles. The van der Waals surface area contributed by atoms with Gasteiger partial charge in [-0.25, -0.2) is 0 Å². The van der Waals surface area contributed by atoms with Gasteiger partial charge in [0.2, 0.25) is 12.7 Å². The smallest absolute Gasteiger partial charge is 0.231 e. The summed E-state index contributed by atoms with van der Waals surface area (Å²) in [6, 6.07) is 4.91. The van der Waals surface area contributed by atoms with Crippen molar-refractivity contribution in [1.82, 2.24) is 5.32 Å². The molecule has 1 aromatic rings. The van der Waals surface area contributed by atoms with Crippen LogP contribution in [0.4, 0.5) is 0 Å². The van der Waals surface area contributed by atoms with Crippen molar-refractivity contribution in [2.24, 2.45) is 0 Å². The highest BCUT2D eigenvalue weighted by molar-refractivity contribution is 5.73. The van der Waals surface area contributed by atoms with Crippen LogP contribution in [0.1, 0.15) is 18.5 Å². The molecule has 1 aliphatic rings. The molecule has 2 N–H and O–H groups in total. The molecule has 0 saturated carbocycles. The number of carbonyl (C=O) groups is 1. The number of benzene rings is 1. The van der Waals surface area contributed by atoms with E-state index in [0.29, 0.717) is 11.5 Å². The third-order valence-corrected chi connectivity index (χ3v) is 2.36. The van der Waals surface area contributed by atoms with Crippen molar-refractivity contribution in [1.29, 1.82) is 0 Å². The second-order valence-electron chi connectivity index (χ2n) is 3.55. The van der Waals surface area contributed by atoms with E-state index in [1.807, 2.05) is 0 Å². The highest BCUT2D eigenvalue weighted by Gasteiger charge is 2.17. The number of aliphatic hydroxyl groups excluding tert-OH is 1. The Bertz CT molecular complexity index is 405. The van der Waals surface area contributed by atoms with Gasteiger partial charge in [-0.05, 0) is 17.7 Å². The van der Waals surface area contributed by atoms with E-state index < -0.39 is 6.04 Å². The summed E-state index contributed by atoms with van der Waals surface area (Å²) in [6.07, 6.45) is 0. The summed E-state index contributed by atoms with van der Waals surface area (Å²) in [4.78, 5) is 10.9. The van der Waals surface area contributed by atoms with E-state index in [0.717, 1.165) is 5.56 Å². The molecule has 16 heavy (non-hydrogen) atoms. The molecule has 1 aromatic carbocycles. The zero-order chi connectivity index (χ0) is 11.5. The zero-order valence-corrected chi connectivity index (χ0v) is 8.90. The summed E-state index contributed by atoms with van der Waals surface area (Å²) in [5, 5.41) is 11.8. The van der Waals surface area contributed by atoms with Gasteiger partial charge in [0.25, 0.3) is 0 Å². The molecule has 5 nitrogen and oxygen atoms in total. The van der Waals surface area contributed by atoms with Crippen LogP contribution in [0, 0.1) is 0 Å². The minimum absolute atomic E-state index is 0.154. The molecule has 1 amide bonds. The third kappa shape index (κ3) is 2.09. The Balaban J connectivity index is 2.21. The first-order chi connectivity index (χ1) is 7.70. The summed E-state index contributed by atoms with van der Waals surface area (Å²) in [5.74, 6) is 1.14. The predicted octanol–water partition coefficient (Wildman–Crippen LogP) is 0.585. The van der Waals surface area contributed by atoms with Gasteiger partial charge in [-0.3, -0.25) is 4.79 Å². The number of nitrogens with one attached hydrogen (secondary N) is 1. The van der Waals surface area contributed by atoms with Gasteiger partial charge < -0.3 is 19.9 Å². The van der Waals surface area contributed by atoms with Crippen molar-refractivity contribution in [3.8, 4) is 11.5 Å². The van der Waals surface area contributed by atoms with Crippen LogP contribution < -0.4 is 14.8 Å². The van der Waals surface area contributed by atoms with E-state index in [1.54, 1.807) is 18.2 Å². The minimum Gasteiger partial charge on any atom is -0.454 e. The van der Waals surface area contributed by atoms with E-state index in [1.165, 1.54) is 6.92 Å². The maximum atomic E-state index is 10.9. The van der Waals surface area contributed by atoms with Crippen LogP contribution >= 0.6 is 0 Å². The van der Waals surface area contributed by atoms with E-state index in [-0.39, 0.29) is 19.3 Å². The molecule has 0 bridgehead atoms. The number of fused-ring (bicyclic) bond motifs is 1. The standard InChI is InChI=1S/C11H13NO4/c1-7(14)12-9(5-13)8-2-3-10-11(4-8)16-6-15-10/h2-4,9,13H,5-6H2,1H3,(H,12,14). The fourth-order valence-corrected chi connectivity index (χ4v) is 1.61. The van der Waals surface area contributed by atoms with Gasteiger partial charge in [0.05, 0.1) is 12.6 Å². The van der Waals surface area contributed by atoms with E-state index >= 15 is 0 Å². The Labute approximate surface area is 93.0 Å². The average Bonchev–Trinajstić information content (AvgIpc) is 2.72. The Hall–Kier alpha value is -1.75. The molecule has 0 spiro atoms. The normalized spacial score (nSPS) is 14.6. The molecule has 1 heterocycles. The van der Waals surface area contributed by atoms with Gasteiger partial charge in [0.15, 0.2) is 11.5 Å². The van der Waals surface area contributed by atoms with Crippen molar-refractivity contribution in [2.45, 2.75) is 13.0 Å². The van der Waals surface area contributed by atoms with Crippen molar-refractivity contribution >= 4 is 5.91 Å². The highest BCUT2D eigenvalue weighted by atomic mass is 16.7. The van der Waals surface area contributed by atoms with Crippen molar-refractivity contribution in [2.75, 3.05) is 13.4 Å². The second-order valence-corrected chi connectivity index (χ2v) is 3.55. The first-order valence-corrected chi connectivity index (χ1v) is 4.98. The van der Waals surface area contributed by atoms with Crippen LogP contribution in [0.25, 0.3) is 0 Å². The van der Waals surface area contributed by atoms with Crippen LogP contribution in [0.2, 0.25) is 0 Å². The molecule has 0 fully saturated rings. The Morgan fingerprint density at radius 1 is 1.50 bits per heavy atom. The summed E-state index contributed by atoms with van der Waals surface area (Å²) in [5.41, 5.74) is 0.793. The van der Waals surface area contributed by atoms with Crippen molar-refractivity contribution < 1.29 is 19.4 Å². The molecular formula is C11H13NO4. The number of amides is 1. The molecule has 1 atom stereocenters. The monoisotopic (exact) mass is 223 g/mol. The van der Waals surface area contributed by atoms with Gasteiger partial charge in [0.1, 0.15) is 0 Å². The van der Waals surface area contributed by atoms with Gasteiger partial charge in [-0.2, -0.15) is 0 Å². The quantitative estimate of drug-likeness (QED) is 0.786. The number of hydrogen-bond donors (Lipinski definition) is 2. The molecule has 0 aromatic heterocycles. The molecule has 2 rings (SSSR count). The third-order valence-electron chi connectivity index (χ3n) is 2.36. The maximum absolute atomic E-state index is 10.9. The summed E-state index contributed by atoms with van der Waals surface area (Å²) in [7, 11) is 0. The lowest BCUT2D eigenvalue weighted by Gasteiger charge is -2.15. The molecule has 86 valence electrons. The molecule has 5 heteroatoms. The summed E-state index contributed by atoms with van der Waals surface area (Å²) in [6.45, 7) is 1.47. The SMILES string of the molecule is CC(=O)NC(CO)c1ccc2c(c1)OCO2. The number of aliphatic hydroxyl groups is 1. The van der Waals surface area contributed by atoms with E-state index in [9.17, 15) is 9.90 Å². The maximum Gasteiger partial charge on any atom is 0.231 e. The van der Waals surface area contributed by atoms with Gasteiger partial charge in [-0.15, -0.1) is 0 Å². The second kappa shape index (κ2) is 4.40. The lowest BCUT2D eigenvalue weighted by atomic mass is 10.1. The molecule has 1 unspecified atom stereocenters. The number of carbonyl (C=O) groups excluding carboxylic acids is 1. The summed E-state index contributed by atoms with van der Waals surface area (Å²) < 4.78 is 10.4. The van der Waals surface area contributed by atoms with Crippen LogP contribution in [0.15, 0.2) is 18.2 Å². The number of hydrogen-bond acceptors (Lipinski definition) is 4. The van der Waals surface area contributed by atoms with Gasteiger partial charge in [-0.1, -0.05) is 6.07 Å². The van der Waals surface area contributed by atoms with Crippen LogP contribution in [0.5, 0.6) is 11.5 Å². The highest BCUT2D eigenvalue weighted by Crippen LogP contribution is 2.34. The summed E-state index contributed by atoms with van der Waals surface area (Å²) >= 11 is 0. The number of rotatable bonds is 3. The average molecular weight is 223 g/mol. The fourth-order valence-electron chi connectivity index (χ4n) is 1.61. The van der Waals surface area contributed by atoms with Crippen molar-refractivity contribution in [3.63, 3.8) is 0 Å². The first kappa shape index (κ1) is 10.8. The Morgan fingerprint density at radius 2 is 2.25 bits per heavy atom. The predicted molar refractivity (Wildman–Crippen MR) is 56.2 cm³/mol. The van der Waals surface area contributed by atoms with Crippen LogP contribution in [0.3, 0.4) is 0 Å². The minimum atomic E-state index is -0.410. The largest absolute Gasteiger partial charge is 0.454 e. The Kier molecular flexibility index (Phi) is 2.96. The topological polar surface area (TPSA) is 67.8 Å². The molecular weight excluding hydrogens is 210 g/mol. The van der Waals surface area contributed by atoms with Crippen LogP contribution in [-0.2, 0) is 4.79 Å². The number of ether oxygens (including phenoxy) is 2. The molecule has 0 saturated heterocycles. The lowest BCUT2D eigenvalue weighted by Crippen LogP contribution is -2.28. The van der Waals surface area contributed by atoms with Crippen LogP contribution in [-0.4, -0.2) is 24.4 Å². The fraction of sp³-hybridized carbons (Fsp3) is 0.364. The lowest BCUT2D eigenvalue weighted by molar-refractivity contribution is -0.120. The van der Waals surface area contributed by atoms with Crippen molar-refractivity contribution in [3.05, 3.63) is 23.8 Å².